The fraction of sp³-hybridized carbons (Fsp3) is 0.183. The van der Waals surface area contributed by atoms with Crippen LogP contribution in [-0.2, 0) is 16.2 Å². The van der Waals surface area contributed by atoms with E-state index in [4.69, 9.17) is 9.40 Å². The minimum absolute atomic E-state index is 0.000571. The van der Waals surface area contributed by atoms with Gasteiger partial charge in [-0.3, -0.25) is 0 Å². The lowest BCUT2D eigenvalue weighted by Gasteiger charge is -2.24. The Balaban J connectivity index is 1.09. The number of hydrogen-bond donors (Lipinski definition) is 1. The molecule has 4 heterocycles. The molecule has 0 bridgehead atoms. The van der Waals surface area contributed by atoms with Crippen LogP contribution in [0.4, 0.5) is 11.4 Å². The molecule has 0 saturated heterocycles. The van der Waals surface area contributed by atoms with E-state index in [1.807, 2.05) is 0 Å². The Morgan fingerprint density at radius 1 is 0.606 bits per heavy atom. The maximum atomic E-state index is 6.70. The second-order valence-corrected chi connectivity index (χ2v) is 22.4. The van der Waals surface area contributed by atoms with E-state index in [2.05, 4.69) is 211 Å². The average Bonchev–Trinajstić information content (AvgIpc) is 4.03. The molecule has 11 aromatic rings. The van der Waals surface area contributed by atoms with Gasteiger partial charge in [0.05, 0.1) is 21.4 Å². The van der Waals surface area contributed by atoms with Gasteiger partial charge in [-0.25, -0.2) is 4.98 Å². The van der Waals surface area contributed by atoms with E-state index in [-0.39, 0.29) is 16.2 Å². The highest BCUT2D eigenvalue weighted by Gasteiger charge is 2.37. The van der Waals surface area contributed by atoms with Crippen LogP contribution >= 0.6 is 11.3 Å². The van der Waals surface area contributed by atoms with Crippen LogP contribution in [-0.4, -0.2) is 16.8 Å². The predicted molar refractivity (Wildman–Crippen MR) is 283 cm³/mol. The van der Waals surface area contributed by atoms with E-state index in [1.54, 1.807) is 11.3 Å². The molecule has 0 amide bonds. The summed E-state index contributed by atoms with van der Waals surface area (Å²) in [6, 6.07) is 54.4. The molecule has 0 unspecified atom stereocenters. The zero-order valence-electron chi connectivity index (χ0n) is 38.8. The summed E-state index contributed by atoms with van der Waals surface area (Å²) in [4.78, 5) is 5.27. The van der Waals surface area contributed by atoms with Gasteiger partial charge in [-0.15, -0.1) is 11.3 Å². The molecule has 1 aliphatic heterocycles. The van der Waals surface area contributed by atoms with Crippen LogP contribution in [0.1, 0.15) is 77.6 Å². The van der Waals surface area contributed by atoms with Crippen molar-refractivity contribution in [3.63, 3.8) is 0 Å². The van der Waals surface area contributed by atoms with Gasteiger partial charge in [0.2, 0.25) is 0 Å². The van der Waals surface area contributed by atoms with Crippen LogP contribution in [0.5, 0.6) is 0 Å². The van der Waals surface area contributed by atoms with Gasteiger partial charge in [0.1, 0.15) is 16.2 Å². The molecule has 0 atom stereocenters. The summed E-state index contributed by atoms with van der Waals surface area (Å²) in [6.45, 7) is 18.4. The summed E-state index contributed by atoms with van der Waals surface area (Å²) in [5, 5.41) is 9.80. The summed E-state index contributed by atoms with van der Waals surface area (Å²) in [7, 11) is 0.776. The van der Waals surface area contributed by atoms with E-state index in [1.165, 1.54) is 82.1 Å². The topological polar surface area (TPSA) is 43.0 Å². The van der Waals surface area contributed by atoms with Crippen LogP contribution < -0.4 is 16.2 Å². The molecule has 320 valence electrons. The van der Waals surface area contributed by atoms with E-state index < -0.39 is 0 Å². The third-order valence-corrected chi connectivity index (χ3v) is 15.8. The fourth-order valence-electron chi connectivity index (χ4n) is 11.1. The average molecular weight is 872 g/mol. The lowest BCUT2D eigenvalue weighted by atomic mass is 9.59. The Morgan fingerprint density at radius 2 is 1.33 bits per heavy atom. The molecule has 6 heteroatoms. The highest BCUT2D eigenvalue weighted by molar-refractivity contribution is 7.21. The summed E-state index contributed by atoms with van der Waals surface area (Å²) in [5.41, 5.74) is 22.8. The minimum Gasteiger partial charge on any atom is -0.456 e. The van der Waals surface area contributed by atoms with Crippen molar-refractivity contribution in [2.75, 3.05) is 5.32 Å². The first-order chi connectivity index (χ1) is 31.7. The van der Waals surface area contributed by atoms with E-state index >= 15 is 0 Å². The summed E-state index contributed by atoms with van der Waals surface area (Å²) >= 11 is 1.78. The largest absolute Gasteiger partial charge is 0.456 e. The number of rotatable bonds is 4. The van der Waals surface area contributed by atoms with Crippen molar-refractivity contribution in [2.45, 2.75) is 71.6 Å². The van der Waals surface area contributed by atoms with Crippen molar-refractivity contribution in [3.8, 4) is 38.5 Å². The van der Waals surface area contributed by atoms with Crippen LogP contribution in [0.3, 0.4) is 0 Å². The van der Waals surface area contributed by atoms with Crippen LogP contribution in [0, 0.1) is 0 Å². The SMILES string of the molecule is CC(C)(C)c1ccc(Nc2cc3oc4ccc(C(C)(C)C)cc4c3cc2-c2ccc3c4cc5c(cc4n4c3c2Bc2cc3nc(-c6ccccc6)sc3cc2-4)C(C)(C)c2ccccc2-5)cc1. The first kappa shape index (κ1) is 39.5. The molecular formula is C60H50BN3OS. The molecular weight excluding hydrogens is 822 g/mol. The number of aromatic nitrogens is 2. The van der Waals surface area contributed by atoms with Crippen molar-refractivity contribution < 1.29 is 4.42 Å². The van der Waals surface area contributed by atoms with E-state index in [0.717, 1.165) is 62.2 Å². The molecule has 13 rings (SSSR count). The Hall–Kier alpha value is -6.89. The molecule has 0 fully saturated rings. The fourth-order valence-corrected chi connectivity index (χ4v) is 12.1. The molecule has 0 saturated carbocycles. The zero-order chi connectivity index (χ0) is 45.0. The molecule has 1 aliphatic carbocycles. The van der Waals surface area contributed by atoms with Gasteiger partial charge in [-0.1, -0.05) is 146 Å². The van der Waals surface area contributed by atoms with Gasteiger partial charge in [0.15, 0.2) is 7.28 Å². The Morgan fingerprint density at radius 3 is 2.12 bits per heavy atom. The molecule has 2 aliphatic rings. The minimum atomic E-state index is -0.129. The number of anilines is 2. The molecule has 66 heavy (non-hydrogen) atoms. The lowest BCUT2D eigenvalue weighted by molar-refractivity contribution is 0.590. The highest BCUT2D eigenvalue weighted by Crippen LogP contribution is 2.52. The summed E-state index contributed by atoms with van der Waals surface area (Å²) in [5.74, 6) is 0. The predicted octanol–water partition coefficient (Wildman–Crippen LogP) is 15.0. The quantitative estimate of drug-likeness (QED) is 0.179. The summed E-state index contributed by atoms with van der Waals surface area (Å²) < 4.78 is 10.5. The Labute approximate surface area is 390 Å². The Kier molecular flexibility index (Phi) is 8.13. The van der Waals surface area contributed by atoms with Gasteiger partial charge in [-0.2, -0.15) is 0 Å². The summed E-state index contributed by atoms with van der Waals surface area (Å²) in [6.07, 6.45) is 0. The first-order valence-corrected chi connectivity index (χ1v) is 24.1. The lowest BCUT2D eigenvalue weighted by Crippen LogP contribution is -2.37. The number of furan rings is 1. The van der Waals surface area contributed by atoms with Crippen molar-refractivity contribution in [3.05, 3.63) is 168 Å². The zero-order valence-corrected chi connectivity index (χ0v) is 39.6. The molecule has 4 nitrogen and oxygen atoms in total. The normalized spacial score (nSPS) is 14.0. The van der Waals surface area contributed by atoms with Gasteiger partial charge < -0.3 is 14.3 Å². The van der Waals surface area contributed by atoms with Gasteiger partial charge in [0, 0.05) is 61.0 Å². The van der Waals surface area contributed by atoms with Crippen molar-refractivity contribution in [1.29, 1.82) is 0 Å². The molecule has 3 aromatic heterocycles. The molecule has 8 aromatic carbocycles. The molecule has 1 N–H and O–H groups in total. The third kappa shape index (κ3) is 5.80. The highest BCUT2D eigenvalue weighted by atomic mass is 32.1. The molecule has 0 radical (unpaired) electrons. The standard InChI is InChI=1S/C60H50BN3OS/c1-58(2,3)34-18-21-36(22-19-34)62-48-31-53-44(43-26-35(59(4,5)6)20-25-52(43)65-53)28-41(48)38-23-24-39-42-27-40-37-16-12-13-17-45(37)60(7,8)46(40)29-50(42)64-51-32-54-49(30-47(51)61-55(38)56(39)64)63-57(66-54)33-14-10-9-11-15-33/h9-32,61-62H,1-8H3. The van der Waals surface area contributed by atoms with Gasteiger partial charge in [-0.05, 0) is 110 Å². The van der Waals surface area contributed by atoms with Crippen LogP contribution in [0.2, 0.25) is 0 Å². The number of nitrogens with one attached hydrogen (secondary N) is 1. The maximum Gasteiger partial charge on any atom is 0.198 e. The van der Waals surface area contributed by atoms with E-state index in [9.17, 15) is 0 Å². The van der Waals surface area contributed by atoms with Crippen LogP contribution in [0.15, 0.2) is 150 Å². The second kappa shape index (κ2) is 13.6. The van der Waals surface area contributed by atoms with Crippen molar-refractivity contribution in [2.24, 2.45) is 0 Å². The van der Waals surface area contributed by atoms with E-state index in [0.29, 0.717) is 0 Å². The second-order valence-electron chi connectivity index (χ2n) is 21.3. The first-order valence-electron chi connectivity index (χ1n) is 23.3. The number of benzene rings is 8. The Bertz CT molecular complexity index is 3850. The number of hydrogen-bond acceptors (Lipinski definition) is 4. The number of fused-ring (bicyclic) bond motifs is 12. The molecule has 0 spiro atoms. The van der Waals surface area contributed by atoms with Crippen LogP contribution in [0.25, 0.3) is 92.5 Å². The van der Waals surface area contributed by atoms with Gasteiger partial charge >= 0.3 is 0 Å². The number of nitrogens with zero attached hydrogens (tertiary/aromatic N) is 2. The monoisotopic (exact) mass is 871 g/mol. The van der Waals surface area contributed by atoms with Crippen molar-refractivity contribution in [1.82, 2.24) is 9.55 Å². The van der Waals surface area contributed by atoms with Gasteiger partial charge in [0.25, 0.3) is 0 Å². The number of thiazole rings is 1. The smallest absolute Gasteiger partial charge is 0.198 e. The van der Waals surface area contributed by atoms with Crippen molar-refractivity contribution >= 4 is 94.9 Å². The maximum absolute atomic E-state index is 6.70. The third-order valence-electron chi connectivity index (χ3n) is 14.8.